The van der Waals surface area contributed by atoms with Crippen LogP contribution >= 0.6 is 0 Å². The first kappa shape index (κ1) is 25.1. The number of benzene rings is 2. The molecule has 126 valence electrons. The van der Waals surface area contributed by atoms with E-state index in [1.165, 1.54) is 22.3 Å². The molecule has 0 bridgehead atoms. The molecule has 2 aromatic rings. The molecule has 0 aliphatic heterocycles. The van der Waals surface area contributed by atoms with Crippen LogP contribution in [0.2, 0.25) is 0 Å². The third-order valence-electron chi connectivity index (χ3n) is 3.51. The van der Waals surface area contributed by atoms with Crippen LogP contribution in [-0.4, -0.2) is 0 Å². The molecule has 1 aliphatic rings. The molecule has 0 saturated carbocycles. The van der Waals surface area contributed by atoms with Crippen LogP contribution in [0.4, 0.5) is 5.69 Å². The predicted molar refractivity (Wildman–Crippen MR) is 92.3 cm³/mol. The van der Waals surface area contributed by atoms with Crippen molar-refractivity contribution < 1.29 is 46.5 Å². The summed E-state index contributed by atoms with van der Waals surface area (Å²) in [5.41, 5.74) is 14.3. The van der Waals surface area contributed by atoms with Crippen molar-refractivity contribution in [2.75, 3.05) is 0 Å². The molecule has 0 amide bonds. The molecule has 0 unspecified atom stereocenters. The Morgan fingerprint density at radius 1 is 0.875 bits per heavy atom. The van der Waals surface area contributed by atoms with E-state index in [-0.39, 0.29) is 46.5 Å². The van der Waals surface area contributed by atoms with Crippen molar-refractivity contribution in [2.45, 2.75) is 20.3 Å². The Labute approximate surface area is 173 Å². The zero-order valence-corrected chi connectivity index (χ0v) is 17.0. The topological polar surface area (TPSA) is 23.8 Å². The summed E-state index contributed by atoms with van der Waals surface area (Å²) in [5, 5.41) is 0. The molecule has 1 nitrogen and oxygen atoms in total. The van der Waals surface area contributed by atoms with Crippen LogP contribution in [0, 0.1) is 6.92 Å². The van der Waals surface area contributed by atoms with Gasteiger partial charge in [-0.25, -0.2) is 0 Å². The molecule has 0 saturated heterocycles. The summed E-state index contributed by atoms with van der Waals surface area (Å²) in [4.78, 5) is 0. The third kappa shape index (κ3) is 7.19. The van der Waals surface area contributed by atoms with Gasteiger partial charge in [-0.2, -0.15) is 18.6 Å². The molecular weight excluding hydrogens is 373 g/mol. The Balaban J connectivity index is 0. The summed E-state index contributed by atoms with van der Waals surface area (Å²) in [6.07, 6.45) is 3.35. The molecule has 24 heavy (non-hydrogen) atoms. The van der Waals surface area contributed by atoms with Crippen LogP contribution in [0.25, 0.3) is 11.3 Å². The van der Waals surface area contributed by atoms with Crippen molar-refractivity contribution in [2.24, 2.45) is 0 Å². The molecule has 0 heterocycles. The van der Waals surface area contributed by atoms with Gasteiger partial charge in [0.15, 0.2) is 0 Å². The number of halogens is 2. The summed E-state index contributed by atoms with van der Waals surface area (Å²) in [5.74, 6) is 0. The van der Waals surface area contributed by atoms with Gasteiger partial charge < -0.3 is 30.5 Å². The second kappa shape index (κ2) is 12.3. The van der Waals surface area contributed by atoms with Crippen LogP contribution in [0.3, 0.4) is 0 Å². The third-order valence-corrected chi connectivity index (χ3v) is 3.51. The van der Waals surface area contributed by atoms with Gasteiger partial charge >= 0.3 is 21.7 Å². The quantitative estimate of drug-likeness (QED) is 0.493. The van der Waals surface area contributed by atoms with Crippen LogP contribution in [0.1, 0.15) is 31.4 Å². The van der Waals surface area contributed by atoms with Gasteiger partial charge in [0.1, 0.15) is 0 Å². The van der Waals surface area contributed by atoms with E-state index < -0.39 is 0 Å². The van der Waals surface area contributed by atoms with E-state index in [9.17, 15) is 0 Å². The van der Waals surface area contributed by atoms with Gasteiger partial charge in [0.25, 0.3) is 0 Å². The van der Waals surface area contributed by atoms with Crippen molar-refractivity contribution in [3.05, 3.63) is 95.6 Å². The van der Waals surface area contributed by atoms with E-state index >= 15 is 0 Å². The SMILES string of the molecule is [CH2-]c1ccccc1C1=C(C)C=C(C)C1.[Cl-].[Cl-].[NH-]c1ccccc1.[Ti+2]. The van der Waals surface area contributed by atoms with Crippen molar-refractivity contribution in [3.8, 4) is 0 Å². The van der Waals surface area contributed by atoms with E-state index in [4.69, 9.17) is 5.73 Å². The molecule has 0 atom stereocenters. The van der Waals surface area contributed by atoms with Crippen molar-refractivity contribution >= 4 is 11.3 Å². The summed E-state index contributed by atoms with van der Waals surface area (Å²) in [6.45, 7) is 8.43. The fraction of sp³-hybridized carbons (Fsp3) is 0.150. The smallest absolute Gasteiger partial charge is 1.00 e. The molecular formula is C20H21Cl2NTi-2. The minimum atomic E-state index is 0. The number of hydrogen-bond acceptors (Lipinski definition) is 0. The van der Waals surface area contributed by atoms with E-state index in [1.807, 2.05) is 24.3 Å². The minimum absolute atomic E-state index is 0. The standard InChI is InChI=1S/C14H15.C6H6N.2ClH.Ti/c1-10-8-12(3)14(9-10)13-7-5-4-6-11(13)2;7-6-4-2-1-3-5-6;;;/h4-8H,2,9H2,1,3H3;1-5,7H;2*1H;/q2*-1;;;+2/p-2. The van der Waals surface area contributed by atoms with E-state index in [0.29, 0.717) is 5.69 Å². The maximum atomic E-state index is 7.00. The van der Waals surface area contributed by atoms with Gasteiger partial charge in [-0.05, 0) is 20.3 Å². The monoisotopic (exact) mass is 393 g/mol. The van der Waals surface area contributed by atoms with Crippen LogP contribution in [-0.2, 0) is 21.7 Å². The first-order valence-electron chi connectivity index (χ1n) is 7.13. The maximum Gasteiger partial charge on any atom is 2.00 e. The summed E-state index contributed by atoms with van der Waals surface area (Å²) in [6, 6.07) is 17.5. The van der Waals surface area contributed by atoms with Gasteiger partial charge in [-0.15, -0.1) is 23.4 Å². The van der Waals surface area contributed by atoms with Gasteiger partial charge in [0, 0.05) is 0 Å². The average Bonchev–Trinajstić information content (AvgIpc) is 2.80. The summed E-state index contributed by atoms with van der Waals surface area (Å²) in [7, 11) is 0. The number of hydrogen-bond donors (Lipinski definition) is 0. The molecule has 1 aliphatic carbocycles. The first-order chi connectivity index (χ1) is 10.1. The zero-order chi connectivity index (χ0) is 15.2. The Morgan fingerprint density at radius 2 is 1.42 bits per heavy atom. The van der Waals surface area contributed by atoms with E-state index in [0.717, 1.165) is 12.0 Å². The fourth-order valence-electron chi connectivity index (χ4n) is 2.49. The summed E-state index contributed by atoms with van der Waals surface area (Å²) < 4.78 is 0. The van der Waals surface area contributed by atoms with E-state index in [1.54, 1.807) is 12.1 Å². The number of nitrogens with one attached hydrogen (secondary N) is 1. The predicted octanol–water partition coefficient (Wildman–Crippen LogP) is 0.368. The van der Waals surface area contributed by atoms with Crippen LogP contribution in [0.5, 0.6) is 0 Å². The Morgan fingerprint density at radius 3 is 1.83 bits per heavy atom. The van der Waals surface area contributed by atoms with Gasteiger partial charge in [-0.3, -0.25) is 0 Å². The average molecular weight is 394 g/mol. The first-order valence-corrected chi connectivity index (χ1v) is 7.13. The Bertz CT molecular complexity index is 679. The van der Waals surface area contributed by atoms with Gasteiger partial charge in [0.2, 0.25) is 0 Å². The molecule has 0 aromatic heterocycles. The largest absolute Gasteiger partial charge is 2.00 e. The normalized spacial score (nSPS) is 11.8. The second-order valence-corrected chi connectivity index (χ2v) is 5.35. The molecule has 3 rings (SSSR count). The van der Waals surface area contributed by atoms with Crippen molar-refractivity contribution in [1.29, 1.82) is 0 Å². The fourth-order valence-corrected chi connectivity index (χ4v) is 2.49. The molecule has 0 fully saturated rings. The molecule has 0 radical (unpaired) electrons. The van der Waals surface area contributed by atoms with Crippen LogP contribution < -0.4 is 24.8 Å². The van der Waals surface area contributed by atoms with Crippen molar-refractivity contribution in [3.63, 3.8) is 0 Å². The number of allylic oxidation sites excluding steroid dienone is 4. The Kier molecular flexibility index (Phi) is 12.9. The number of rotatable bonds is 1. The van der Waals surface area contributed by atoms with E-state index in [2.05, 4.69) is 45.0 Å². The molecule has 0 spiro atoms. The molecule has 4 heteroatoms. The van der Waals surface area contributed by atoms with Gasteiger partial charge in [-0.1, -0.05) is 59.2 Å². The zero-order valence-electron chi connectivity index (χ0n) is 13.9. The molecule has 2 aromatic carbocycles. The maximum absolute atomic E-state index is 7.00. The minimum Gasteiger partial charge on any atom is -1.00 e. The summed E-state index contributed by atoms with van der Waals surface area (Å²) >= 11 is 0. The van der Waals surface area contributed by atoms with Gasteiger partial charge in [0.05, 0.1) is 0 Å². The molecule has 1 N–H and O–H groups in total. The Hall–Kier alpha value is -1.12. The van der Waals surface area contributed by atoms with Crippen molar-refractivity contribution in [1.82, 2.24) is 0 Å². The van der Waals surface area contributed by atoms with Crippen LogP contribution in [0.15, 0.2) is 71.8 Å². The second-order valence-electron chi connectivity index (χ2n) is 5.35.